The van der Waals surface area contributed by atoms with Crippen molar-refractivity contribution in [2.45, 2.75) is 45.1 Å². The maximum atomic E-state index is 12.0. The Balaban J connectivity index is 1.96. The number of piperidine rings is 1. The molecule has 1 aliphatic heterocycles. The second kappa shape index (κ2) is 4.96. The zero-order valence-corrected chi connectivity index (χ0v) is 11.1. The van der Waals surface area contributed by atoms with E-state index in [2.05, 4.69) is 15.4 Å². The Kier molecular flexibility index (Phi) is 3.54. The van der Waals surface area contributed by atoms with Crippen LogP contribution in [0.2, 0.25) is 0 Å². The van der Waals surface area contributed by atoms with Crippen LogP contribution >= 0.6 is 0 Å². The summed E-state index contributed by atoms with van der Waals surface area (Å²) >= 11 is 0. The number of hydrogen-bond acceptors (Lipinski definition) is 4. The highest BCUT2D eigenvalue weighted by Crippen LogP contribution is 2.25. The molecule has 0 saturated carbocycles. The predicted molar refractivity (Wildman–Crippen MR) is 66.2 cm³/mol. The van der Waals surface area contributed by atoms with Gasteiger partial charge in [-0.1, -0.05) is 0 Å². The smallest absolute Gasteiger partial charge is 0.410 e. The lowest BCUT2D eigenvalue weighted by Gasteiger charge is -2.33. The minimum atomic E-state index is -0.447. The molecule has 18 heavy (non-hydrogen) atoms. The van der Waals surface area contributed by atoms with Gasteiger partial charge in [-0.25, -0.2) is 4.79 Å². The summed E-state index contributed by atoms with van der Waals surface area (Å²) in [6.07, 6.45) is 3.49. The summed E-state index contributed by atoms with van der Waals surface area (Å²) in [6.45, 7) is 7.04. The molecule has 1 aliphatic rings. The highest BCUT2D eigenvalue weighted by Gasteiger charge is 2.29. The van der Waals surface area contributed by atoms with Crippen LogP contribution in [0.25, 0.3) is 0 Å². The van der Waals surface area contributed by atoms with Gasteiger partial charge < -0.3 is 9.64 Å². The molecule has 1 aromatic rings. The normalized spacial score (nSPS) is 20.8. The van der Waals surface area contributed by atoms with Gasteiger partial charge >= 0.3 is 6.09 Å². The van der Waals surface area contributed by atoms with Crippen LogP contribution in [-0.2, 0) is 4.74 Å². The summed E-state index contributed by atoms with van der Waals surface area (Å²) < 4.78 is 5.39. The van der Waals surface area contributed by atoms with Gasteiger partial charge in [-0.2, -0.15) is 15.4 Å². The Morgan fingerprint density at radius 2 is 2.33 bits per heavy atom. The molecule has 1 amide bonds. The first-order valence-corrected chi connectivity index (χ1v) is 6.29. The Morgan fingerprint density at radius 1 is 1.56 bits per heavy atom. The number of rotatable bonds is 1. The van der Waals surface area contributed by atoms with Gasteiger partial charge in [0.05, 0.1) is 11.9 Å². The van der Waals surface area contributed by atoms with Crippen molar-refractivity contribution >= 4 is 6.09 Å². The van der Waals surface area contributed by atoms with Gasteiger partial charge in [-0.05, 0) is 33.6 Å². The van der Waals surface area contributed by atoms with Crippen LogP contribution in [0, 0.1) is 0 Å². The van der Waals surface area contributed by atoms with Gasteiger partial charge in [0, 0.05) is 19.0 Å². The van der Waals surface area contributed by atoms with E-state index in [4.69, 9.17) is 4.74 Å². The number of ether oxygens (including phenoxy) is 1. The second-order valence-electron chi connectivity index (χ2n) is 5.66. The molecule has 2 rings (SSSR count). The molecule has 1 N–H and O–H groups in total. The third-order valence-corrected chi connectivity index (χ3v) is 2.93. The maximum absolute atomic E-state index is 12.0. The van der Waals surface area contributed by atoms with Gasteiger partial charge in [0.1, 0.15) is 5.60 Å². The lowest BCUT2D eigenvalue weighted by molar-refractivity contribution is 0.0197. The fourth-order valence-electron chi connectivity index (χ4n) is 2.12. The van der Waals surface area contributed by atoms with Crippen molar-refractivity contribution in [1.29, 1.82) is 0 Å². The van der Waals surface area contributed by atoms with Crippen molar-refractivity contribution in [3.8, 4) is 0 Å². The monoisotopic (exact) mass is 252 g/mol. The molecule has 0 spiro atoms. The minimum Gasteiger partial charge on any atom is -0.444 e. The second-order valence-corrected chi connectivity index (χ2v) is 5.66. The van der Waals surface area contributed by atoms with Crippen LogP contribution in [0.3, 0.4) is 0 Å². The van der Waals surface area contributed by atoms with Crippen LogP contribution in [0.15, 0.2) is 6.20 Å². The third-order valence-electron chi connectivity index (χ3n) is 2.93. The molecule has 6 nitrogen and oxygen atoms in total. The van der Waals surface area contributed by atoms with Crippen LogP contribution in [0.5, 0.6) is 0 Å². The highest BCUT2D eigenvalue weighted by molar-refractivity contribution is 5.68. The number of aromatic amines is 1. The summed E-state index contributed by atoms with van der Waals surface area (Å²) in [6, 6.07) is 0. The number of nitrogens with zero attached hydrogens (tertiary/aromatic N) is 3. The topological polar surface area (TPSA) is 71.1 Å². The van der Waals surface area contributed by atoms with Crippen LogP contribution in [0.1, 0.15) is 45.2 Å². The molecule has 100 valence electrons. The molecule has 1 saturated heterocycles. The van der Waals surface area contributed by atoms with Crippen LogP contribution in [0.4, 0.5) is 4.79 Å². The number of nitrogens with one attached hydrogen (secondary N) is 1. The average molecular weight is 252 g/mol. The zero-order valence-electron chi connectivity index (χ0n) is 11.1. The van der Waals surface area contributed by atoms with Gasteiger partial charge in [0.15, 0.2) is 0 Å². The molecular weight excluding hydrogens is 232 g/mol. The Labute approximate surface area is 107 Å². The van der Waals surface area contributed by atoms with E-state index >= 15 is 0 Å². The van der Waals surface area contributed by atoms with E-state index in [0.717, 1.165) is 25.1 Å². The summed E-state index contributed by atoms with van der Waals surface area (Å²) in [7, 11) is 0. The van der Waals surface area contributed by atoms with E-state index in [0.29, 0.717) is 6.54 Å². The van der Waals surface area contributed by atoms with Gasteiger partial charge in [0.25, 0.3) is 0 Å². The molecule has 1 fully saturated rings. The molecular formula is C12H20N4O2. The number of H-pyrrole nitrogens is 1. The van der Waals surface area contributed by atoms with Crippen molar-refractivity contribution in [1.82, 2.24) is 20.3 Å². The van der Waals surface area contributed by atoms with E-state index in [9.17, 15) is 4.79 Å². The number of amides is 1. The third kappa shape index (κ3) is 3.21. The highest BCUT2D eigenvalue weighted by atomic mass is 16.6. The molecule has 1 atom stereocenters. The fourth-order valence-corrected chi connectivity index (χ4v) is 2.12. The standard InChI is InChI=1S/C12H20N4O2/c1-12(2,3)18-11(17)16-6-4-5-9(8-16)10-7-13-15-14-10/h7,9H,4-6,8H2,1-3H3,(H,13,14,15)/t9-/m0/s1. The largest absolute Gasteiger partial charge is 0.444 e. The van der Waals surface area contributed by atoms with E-state index in [1.807, 2.05) is 20.8 Å². The first-order chi connectivity index (χ1) is 8.46. The van der Waals surface area contributed by atoms with Gasteiger partial charge in [0.2, 0.25) is 0 Å². The number of aromatic nitrogens is 3. The quantitative estimate of drug-likeness (QED) is 0.829. The Morgan fingerprint density at radius 3 is 2.94 bits per heavy atom. The van der Waals surface area contributed by atoms with Gasteiger partial charge in [-0.15, -0.1) is 0 Å². The van der Waals surface area contributed by atoms with Crippen molar-refractivity contribution in [2.75, 3.05) is 13.1 Å². The number of carbonyl (C=O) groups excluding carboxylic acids is 1. The average Bonchev–Trinajstić information content (AvgIpc) is 2.80. The summed E-state index contributed by atoms with van der Waals surface area (Å²) in [5.41, 5.74) is 0.473. The fraction of sp³-hybridized carbons (Fsp3) is 0.750. The number of carbonyl (C=O) groups is 1. The molecule has 6 heteroatoms. The van der Waals surface area contributed by atoms with Crippen molar-refractivity contribution in [3.63, 3.8) is 0 Å². The van der Waals surface area contributed by atoms with E-state index in [1.165, 1.54) is 0 Å². The Bertz CT molecular complexity index is 397. The molecule has 0 radical (unpaired) electrons. The summed E-state index contributed by atoms with van der Waals surface area (Å²) in [4.78, 5) is 13.7. The number of hydrogen-bond donors (Lipinski definition) is 1. The summed E-state index contributed by atoms with van der Waals surface area (Å²) in [5.74, 6) is 0.255. The van der Waals surface area contributed by atoms with E-state index in [-0.39, 0.29) is 12.0 Å². The van der Waals surface area contributed by atoms with Gasteiger partial charge in [-0.3, -0.25) is 0 Å². The van der Waals surface area contributed by atoms with Crippen LogP contribution in [-0.4, -0.2) is 45.1 Å². The van der Waals surface area contributed by atoms with E-state index in [1.54, 1.807) is 11.1 Å². The van der Waals surface area contributed by atoms with Crippen LogP contribution < -0.4 is 0 Å². The molecule has 2 heterocycles. The van der Waals surface area contributed by atoms with Crippen molar-refractivity contribution in [2.24, 2.45) is 0 Å². The summed E-state index contributed by atoms with van der Waals surface area (Å²) in [5, 5.41) is 10.5. The first-order valence-electron chi connectivity index (χ1n) is 6.29. The lowest BCUT2D eigenvalue weighted by Crippen LogP contribution is -2.42. The molecule has 1 aromatic heterocycles. The minimum absolute atomic E-state index is 0.240. The van der Waals surface area contributed by atoms with Crippen molar-refractivity contribution < 1.29 is 9.53 Å². The number of likely N-dealkylation sites (tertiary alicyclic amines) is 1. The predicted octanol–water partition coefficient (Wildman–Crippen LogP) is 1.92. The van der Waals surface area contributed by atoms with E-state index < -0.39 is 5.60 Å². The molecule has 0 bridgehead atoms. The molecule has 0 aromatic carbocycles. The maximum Gasteiger partial charge on any atom is 0.410 e. The molecule has 0 aliphatic carbocycles. The lowest BCUT2D eigenvalue weighted by atomic mass is 9.96. The first kappa shape index (κ1) is 12.9. The van der Waals surface area contributed by atoms with Crippen molar-refractivity contribution in [3.05, 3.63) is 11.9 Å². The SMILES string of the molecule is CC(C)(C)OC(=O)N1CCC[C@H](c2cn[nH]n2)C1. The zero-order chi connectivity index (χ0) is 13.2. The Hall–Kier alpha value is -1.59. The molecule has 0 unspecified atom stereocenters.